The van der Waals surface area contributed by atoms with E-state index < -0.39 is 0 Å². The number of fused-ring (bicyclic) bond motifs is 6. The van der Waals surface area contributed by atoms with Crippen LogP contribution in [0.25, 0.3) is 44.5 Å². The van der Waals surface area contributed by atoms with Gasteiger partial charge in [-0.05, 0) is 142 Å². The number of rotatable bonds is 5. The zero-order valence-corrected chi connectivity index (χ0v) is 42.2. The molecule has 0 bridgehead atoms. The van der Waals surface area contributed by atoms with Crippen LogP contribution in [0, 0.1) is 0 Å². The van der Waals surface area contributed by atoms with Crippen LogP contribution in [0.2, 0.25) is 0 Å². The Bertz CT molecular complexity index is 2980. The van der Waals surface area contributed by atoms with E-state index in [1.807, 2.05) is 0 Å². The van der Waals surface area contributed by atoms with Crippen molar-refractivity contribution in [2.24, 2.45) is 0 Å². The van der Waals surface area contributed by atoms with E-state index in [1.54, 1.807) is 0 Å². The number of hydrogen-bond donors (Lipinski definition) is 0. The highest BCUT2D eigenvalue weighted by molar-refractivity contribution is 5.96. The first-order chi connectivity index (χ1) is 30.3. The zero-order valence-electron chi connectivity index (χ0n) is 42.2. The standard InChI is InChI=1S/C64H71N/c1-59(2,3)41-28-31-46(51(37-41)40-34-42(60(4,5)6)36-43(35-40)61(7,8)9)49-23-18-20-27-57(49)65(44-29-32-48-47-22-17-19-24-52(47)63(13,14)55(48)38-44)45-30-33-50-56(39-45)64(15,16)54-26-21-25-53(58(50)54)62(10,11)12/h17-39H,1-16H3. The van der Waals surface area contributed by atoms with Crippen LogP contribution < -0.4 is 4.90 Å². The second kappa shape index (κ2) is 14.9. The van der Waals surface area contributed by atoms with Gasteiger partial charge < -0.3 is 4.90 Å². The van der Waals surface area contributed by atoms with E-state index >= 15 is 0 Å². The first-order valence-corrected chi connectivity index (χ1v) is 24.0. The Morgan fingerprint density at radius 3 is 1.43 bits per heavy atom. The summed E-state index contributed by atoms with van der Waals surface area (Å²) < 4.78 is 0. The molecule has 0 amide bonds. The minimum Gasteiger partial charge on any atom is -0.310 e. The molecule has 65 heavy (non-hydrogen) atoms. The van der Waals surface area contributed by atoms with Crippen LogP contribution >= 0.6 is 0 Å². The Kier molecular flexibility index (Phi) is 10.2. The number of hydrogen-bond acceptors (Lipinski definition) is 1. The van der Waals surface area contributed by atoms with Gasteiger partial charge in [0.2, 0.25) is 0 Å². The van der Waals surface area contributed by atoms with Gasteiger partial charge in [-0.15, -0.1) is 0 Å². The molecule has 1 heteroatoms. The van der Waals surface area contributed by atoms with Gasteiger partial charge in [0.25, 0.3) is 0 Å². The first-order valence-electron chi connectivity index (χ1n) is 24.0. The van der Waals surface area contributed by atoms with Crippen LogP contribution in [-0.4, -0.2) is 0 Å². The van der Waals surface area contributed by atoms with Crippen molar-refractivity contribution < 1.29 is 0 Å². The topological polar surface area (TPSA) is 3.24 Å². The second-order valence-corrected chi connectivity index (χ2v) is 24.4. The molecule has 0 atom stereocenters. The normalized spacial score (nSPS) is 15.0. The predicted molar refractivity (Wildman–Crippen MR) is 282 cm³/mol. The Morgan fingerprint density at radius 1 is 0.338 bits per heavy atom. The van der Waals surface area contributed by atoms with E-state index in [0.717, 1.165) is 5.69 Å². The molecular formula is C64H71N. The number of para-hydroxylation sites is 1. The summed E-state index contributed by atoms with van der Waals surface area (Å²) in [7, 11) is 0. The average Bonchev–Trinajstić information content (AvgIpc) is 3.61. The van der Waals surface area contributed by atoms with Crippen LogP contribution in [0.4, 0.5) is 17.1 Å². The molecule has 0 saturated heterocycles. The van der Waals surface area contributed by atoms with Crippen molar-refractivity contribution in [3.05, 3.63) is 184 Å². The fourth-order valence-electron chi connectivity index (χ4n) is 10.8. The zero-order chi connectivity index (χ0) is 46.8. The number of benzene rings is 7. The van der Waals surface area contributed by atoms with Crippen molar-refractivity contribution in [2.45, 2.75) is 143 Å². The molecule has 332 valence electrons. The van der Waals surface area contributed by atoms with Crippen molar-refractivity contribution in [2.75, 3.05) is 4.90 Å². The summed E-state index contributed by atoms with van der Waals surface area (Å²) in [6.45, 7) is 37.7. The molecular weight excluding hydrogens is 783 g/mol. The lowest BCUT2D eigenvalue weighted by molar-refractivity contribution is 0.569. The maximum absolute atomic E-state index is 2.56. The van der Waals surface area contributed by atoms with Gasteiger partial charge in [-0.1, -0.05) is 214 Å². The highest BCUT2D eigenvalue weighted by atomic mass is 15.1. The second-order valence-electron chi connectivity index (χ2n) is 24.4. The lowest BCUT2D eigenvalue weighted by atomic mass is 9.77. The Hall–Kier alpha value is -5.66. The molecule has 0 heterocycles. The van der Waals surface area contributed by atoms with Crippen LogP contribution in [0.5, 0.6) is 0 Å². The summed E-state index contributed by atoms with van der Waals surface area (Å²) in [5, 5.41) is 0. The molecule has 0 aromatic heterocycles. The van der Waals surface area contributed by atoms with Gasteiger partial charge in [-0.3, -0.25) is 0 Å². The van der Waals surface area contributed by atoms with Crippen LogP contribution in [0.3, 0.4) is 0 Å². The lowest BCUT2D eigenvalue weighted by Crippen LogP contribution is -2.18. The highest BCUT2D eigenvalue weighted by Crippen LogP contribution is 2.56. The smallest absolute Gasteiger partial charge is 0.0540 e. The van der Waals surface area contributed by atoms with Gasteiger partial charge in [0.15, 0.2) is 0 Å². The maximum atomic E-state index is 2.56. The van der Waals surface area contributed by atoms with Crippen LogP contribution in [-0.2, 0) is 32.5 Å². The van der Waals surface area contributed by atoms with Gasteiger partial charge in [-0.2, -0.15) is 0 Å². The third-order valence-corrected chi connectivity index (χ3v) is 14.9. The van der Waals surface area contributed by atoms with Crippen LogP contribution in [0.1, 0.15) is 155 Å². The summed E-state index contributed by atoms with van der Waals surface area (Å²) >= 11 is 0. The number of nitrogens with zero attached hydrogens (tertiary/aromatic N) is 1. The lowest BCUT2D eigenvalue weighted by Gasteiger charge is -2.32. The van der Waals surface area contributed by atoms with E-state index in [-0.39, 0.29) is 32.5 Å². The predicted octanol–water partition coefficient (Wildman–Crippen LogP) is 18.3. The van der Waals surface area contributed by atoms with Gasteiger partial charge >= 0.3 is 0 Å². The third kappa shape index (κ3) is 7.48. The largest absolute Gasteiger partial charge is 0.310 e. The van der Waals surface area contributed by atoms with E-state index in [2.05, 4.69) is 255 Å². The van der Waals surface area contributed by atoms with Gasteiger partial charge in [0, 0.05) is 27.8 Å². The minimum absolute atomic E-state index is 0.0117. The Labute approximate surface area is 392 Å². The Morgan fingerprint density at radius 2 is 0.831 bits per heavy atom. The summed E-state index contributed by atoms with van der Waals surface area (Å²) in [6, 6.07) is 54.3. The minimum atomic E-state index is -0.173. The summed E-state index contributed by atoms with van der Waals surface area (Å²) in [6.07, 6.45) is 0. The molecule has 0 fully saturated rings. The summed E-state index contributed by atoms with van der Waals surface area (Å²) in [5.74, 6) is 0. The quantitative estimate of drug-likeness (QED) is 0.167. The SMILES string of the molecule is CC(C)(C)c1cc(-c2cc(C(C)(C)C)ccc2-c2ccccc2N(c2ccc3c(c2)C(C)(C)c2ccccc2-3)c2ccc3c(c2)C(C)(C)c2cccc(C(C)(C)C)c2-3)cc(C(C)(C)C)c1. The molecule has 7 aromatic carbocycles. The number of anilines is 3. The summed E-state index contributed by atoms with van der Waals surface area (Å²) in [5.41, 5.74) is 24.6. The van der Waals surface area contributed by atoms with E-state index in [4.69, 9.17) is 0 Å². The van der Waals surface area contributed by atoms with E-state index in [9.17, 15) is 0 Å². The van der Waals surface area contributed by atoms with Gasteiger partial charge in [-0.25, -0.2) is 0 Å². The van der Waals surface area contributed by atoms with E-state index in [0.29, 0.717) is 0 Å². The molecule has 0 spiro atoms. The monoisotopic (exact) mass is 854 g/mol. The Balaban J connectivity index is 1.32. The van der Waals surface area contributed by atoms with Crippen molar-refractivity contribution >= 4 is 17.1 Å². The molecule has 2 aliphatic carbocycles. The summed E-state index contributed by atoms with van der Waals surface area (Å²) in [4.78, 5) is 2.56. The van der Waals surface area contributed by atoms with Crippen molar-refractivity contribution in [1.29, 1.82) is 0 Å². The molecule has 0 unspecified atom stereocenters. The molecule has 0 aliphatic heterocycles. The van der Waals surface area contributed by atoms with Crippen LogP contribution in [0.15, 0.2) is 140 Å². The fourth-order valence-corrected chi connectivity index (χ4v) is 10.8. The highest BCUT2D eigenvalue weighted by Gasteiger charge is 2.40. The molecule has 9 rings (SSSR count). The molecule has 0 radical (unpaired) electrons. The fraction of sp³-hybridized carbons (Fsp3) is 0.344. The first kappa shape index (κ1) is 44.5. The van der Waals surface area contributed by atoms with Gasteiger partial charge in [0.05, 0.1) is 5.69 Å². The molecule has 0 saturated carbocycles. The molecule has 1 nitrogen and oxygen atoms in total. The maximum Gasteiger partial charge on any atom is 0.0540 e. The van der Waals surface area contributed by atoms with Crippen molar-refractivity contribution in [3.8, 4) is 44.5 Å². The van der Waals surface area contributed by atoms with E-state index in [1.165, 1.54) is 100 Å². The average molecular weight is 854 g/mol. The van der Waals surface area contributed by atoms with Crippen molar-refractivity contribution in [3.63, 3.8) is 0 Å². The van der Waals surface area contributed by atoms with Gasteiger partial charge in [0.1, 0.15) is 0 Å². The third-order valence-electron chi connectivity index (χ3n) is 14.9. The molecule has 7 aromatic rings. The molecule has 2 aliphatic rings. The van der Waals surface area contributed by atoms with Crippen molar-refractivity contribution in [1.82, 2.24) is 0 Å². The molecule has 0 N–H and O–H groups in total.